The summed E-state index contributed by atoms with van der Waals surface area (Å²) >= 11 is 0. The molecule has 0 aliphatic carbocycles. The highest BCUT2D eigenvalue weighted by atomic mass is 32.2. The molecular weight excluding hydrogens is 476 g/mol. The van der Waals surface area contributed by atoms with Gasteiger partial charge in [-0.05, 0) is 43.4 Å². The monoisotopic (exact) mass is 501 g/mol. The largest absolute Gasteiger partial charge is 0.438 e. The van der Waals surface area contributed by atoms with Gasteiger partial charge >= 0.3 is 0 Å². The van der Waals surface area contributed by atoms with Crippen molar-refractivity contribution in [2.24, 2.45) is 0 Å². The second-order valence-corrected chi connectivity index (χ2v) is 10.6. The Labute approximate surface area is 202 Å². The predicted octanol–water partition coefficient (Wildman–Crippen LogP) is 3.05. The van der Waals surface area contributed by atoms with Gasteiger partial charge in [-0.1, -0.05) is 6.07 Å². The molecule has 2 aromatic carbocycles. The molecule has 0 radical (unpaired) electrons. The third-order valence-electron chi connectivity index (χ3n) is 6.22. The van der Waals surface area contributed by atoms with Crippen LogP contribution in [0.15, 0.2) is 53.4 Å². The molecule has 5 rings (SSSR count). The molecule has 0 saturated carbocycles. The lowest BCUT2D eigenvalue weighted by molar-refractivity contribution is 0.310. The summed E-state index contributed by atoms with van der Waals surface area (Å²) in [7, 11) is -1.82. The van der Waals surface area contributed by atoms with Crippen LogP contribution in [0.3, 0.4) is 0 Å². The smallest absolute Gasteiger partial charge is 0.243 e. The minimum absolute atomic E-state index is 0.00456. The molecule has 1 saturated heterocycles. The van der Waals surface area contributed by atoms with E-state index in [1.165, 1.54) is 34.6 Å². The van der Waals surface area contributed by atoms with E-state index in [1.54, 1.807) is 6.07 Å². The Morgan fingerprint density at radius 1 is 0.914 bits per heavy atom. The maximum atomic E-state index is 13.8. The molecule has 1 aromatic heterocycles. The average molecular weight is 502 g/mol. The van der Waals surface area contributed by atoms with Gasteiger partial charge in [0.2, 0.25) is 21.9 Å². The lowest BCUT2D eigenvalue weighted by Crippen LogP contribution is -2.45. The molecule has 184 valence electrons. The van der Waals surface area contributed by atoms with Gasteiger partial charge in [-0.3, -0.25) is 0 Å². The number of aromatic nitrogens is 2. The van der Waals surface area contributed by atoms with Gasteiger partial charge in [-0.2, -0.15) is 9.29 Å². The van der Waals surface area contributed by atoms with Gasteiger partial charge in [0.25, 0.3) is 0 Å². The molecule has 3 aromatic rings. The number of fused-ring (bicyclic) bond motifs is 1. The van der Waals surface area contributed by atoms with Crippen molar-refractivity contribution < 1.29 is 21.9 Å². The van der Waals surface area contributed by atoms with E-state index in [4.69, 9.17) is 9.72 Å². The Balaban J connectivity index is 1.51. The van der Waals surface area contributed by atoms with E-state index in [0.29, 0.717) is 23.6 Å². The first-order valence-electron chi connectivity index (χ1n) is 11.3. The predicted molar refractivity (Wildman–Crippen MR) is 126 cm³/mol. The van der Waals surface area contributed by atoms with Crippen LogP contribution in [-0.4, -0.2) is 67.4 Å². The Kier molecular flexibility index (Phi) is 6.39. The topological polar surface area (TPSA) is 78.9 Å². The molecule has 35 heavy (non-hydrogen) atoms. The summed E-state index contributed by atoms with van der Waals surface area (Å²) in [4.78, 5) is 13.7. The molecule has 2 aliphatic heterocycles. The minimum atomic E-state index is -3.87. The number of ether oxygens (including phenoxy) is 1. The quantitative estimate of drug-likeness (QED) is 0.532. The fraction of sp³-hybridized carbons (Fsp3) is 0.333. The molecular formula is C24H25F2N5O3S. The van der Waals surface area contributed by atoms with Crippen LogP contribution < -0.4 is 9.64 Å². The summed E-state index contributed by atoms with van der Waals surface area (Å²) in [5, 5.41) is 0. The second-order valence-electron chi connectivity index (χ2n) is 8.65. The van der Waals surface area contributed by atoms with Crippen molar-refractivity contribution in [3.8, 4) is 11.6 Å². The number of nitrogens with zero attached hydrogens (tertiary/aromatic N) is 5. The van der Waals surface area contributed by atoms with Gasteiger partial charge in [-0.25, -0.2) is 22.2 Å². The van der Waals surface area contributed by atoms with Gasteiger partial charge < -0.3 is 14.5 Å². The Hall–Kier alpha value is -3.15. The van der Waals surface area contributed by atoms with Crippen molar-refractivity contribution in [3.05, 3.63) is 71.4 Å². The number of rotatable bonds is 5. The number of hydrogen-bond acceptors (Lipinski definition) is 7. The molecule has 0 bridgehead atoms. The highest BCUT2D eigenvalue weighted by Gasteiger charge is 2.33. The molecule has 0 amide bonds. The van der Waals surface area contributed by atoms with Crippen molar-refractivity contribution in [3.63, 3.8) is 0 Å². The molecule has 0 spiro atoms. The Morgan fingerprint density at radius 2 is 1.66 bits per heavy atom. The number of sulfonamides is 1. The molecule has 3 heterocycles. The average Bonchev–Trinajstić information content (AvgIpc) is 2.84. The van der Waals surface area contributed by atoms with Crippen LogP contribution in [-0.2, 0) is 23.0 Å². The van der Waals surface area contributed by atoms with Crippen molar-refractivity contribution in [1.29, 1.82) is 0 Å². The van der Waals surface area contributed by atoms with Gasteiger partial charge in [0.15, 0.2) is 0 Å². The van der Waals surface area contributed by atoms with E-state index in [-0.39, 0.29) is 29.6 Å². The first-order chi connectivity index (χ1) is 16.8. The molecule has 8 nitrogen and oxygen atoms in total. The van der Waals surface area contributed by atoms with Crippen LogP contribution in [0.4, 0.5) is 14.7 Å². The molecule has 11 heteroatoms. The Morgan fingerprint density at radius 3 is 2.37 bits per heavy atom. The summed E-state index contributed by atoms with van der Waals surface area (Å²) in [5.41, 5.74) is 1.23. The zero-order chi connectivity index (χ0) is 24.6. The maximum Gasteiger partial charge on any atom is 0.243 e. The third-order valence-corrected chi connectivity index (χ3v) is 8.08. The second kappa shape index (κ2) is 9.48. The SMILES string of the molecule is CN1CCN(c2nc3c(c(Oc4cccc(F)c4)n2)CN(S(=O)(=O)c2ccc(F)cc2)CC3)CC1. The van der Waals surface area contributed by atoms with E-state index in [9.17, 15) is 17.2 Å². The van der Waals surface area contributed by atoms with Crippen molar-refractivity contribution in [2.75, 3.05) is 44.7 Å². The number of halogens is 2. The summed E-state index contributed by atoms with van der Waals surface area (Å²) in [6.45, 7) is 3.43. The standard InChI is InChI=1S/C24H25F2N5O3S/c1-29-11-13-30(14-12-29)24-27-22-9-10-31(35(32,33)20-7-5-17(25)6-8-20)16-21(22)23(28-24)34-19-4-2-3-18(26)15-19/h2-8,15H,9-14,16H2,1H3. The zero-order valence-electron chi connectivity index (χ0n) is 19.2. The molecule has 0 atom stereocenters. The first-order valence-corrected chi connectivity index (χ1v) is 12.8. The zero-order valence-corrected chi connectivity index (χ0v) is 20.0. The first kappa shape index (κ1) is 23.6. The van der Waals surface area contributed by atoms with E-state index in [2.05, 4.69) is 21.8 Å². The Bertz CT molecular complexity index is 1330. The van der Waals surface area contributed by atoms with E-state index in [0.717, 1.165) is 38.3 Å². The normalized spacial score (nSPS) is 17.3. The van der Waals surface area contributed by atoms with Crippen LogP contribution in [0.2, 0.25) is 0 Å². The van der Waals surface area contributed by atoms with Crippen LogP contribution in [0.25, 0.3) is 0 Å². The fourth-order valence-electron chi connectivity index (χ4n) is 4.18. The molecule has 0 N–H and O–H groups in total. The summed E-state index contributed by atoms with van der Waals surface area (Å²) in [6, 6.07) is 10.4. The lowest BCUT2D eigenvalue weighted by atomic mass is 10.1. The highest BCUT2D eigenvalue weighted by Crippen LogP contribution is 2.33. The number of anilines is 1. The molecule has 1 fully saturated rings. The lowest BCUT2D eigenvalue weighted by Gasteiger charge is -2.34. The summed E-state index contributed by atoms with van der Waals surface area (Å²) in [5.74, 6) is 0.00848. The number of likely N-dealkylation sites (N-methyl/N-ethyl adjacent to an activating group) is 1. The van der Waals surface area contributed by atoms with E-state index >= 15 is 0 Å². The number of hydrogen-bond donors (Lipinski definition) is 0. The van der Waals surface area contributed by atoms with Crippen LogP contribution in [0, 0.1) is 11.6 Å². The number of piperazine rings is 1. The van der Waals surface area contributed by atoms with E-state index < -0.39 is 21.7 Å². The van der Waals surface area contributed by atoms with E-state index in [1.807, 2.05) is 0 Å². The van der Waals surface area contributed by atoms with Crippen LogP contribution >= 0.6 is 0 Å². The number of benzene rings is 2. The fourth-order valence-corrected chi connectivity index (χ4v) is 5.59. The van der Waals surface area contributed by atoms with Crippen molar-refractivity contribution >= 4 is 16.0 Å². The molecule has 2 aliphatic rings. The van der Waals surface area contributed by atoms with Crippen LogP contribution in [0.5, 0.6) is 11.6 Å². The van der Waals surface area contributed by atoms with Gasteiger partial charge in [0.05, 0.1) is 16.2 Å². The highest BCUT2D eigenvalue weighted by molar-refractivity contribution is 7.89. The van der Waals surface area contributed by atoms with Crippen LogP contribution in [0.1, 0.15) is 11.3 Å². The maximum absolute atomic E-state index is 13.8. The minimum Gasteiger partial charge on any atom is -0.438 e. The van der Waals surface area contributed by atoms with Gasteiger partial charge in [-0.15, -0.1) is 0 Å². The third kappa shape index (κ3) is 4.97. The van der Waals surface area contributed by atoms with Gasteiger partial charge in [0, 0.05) is 51.8 Å². The van der Waals surface area contributed by atoms with Gasteiger partial charge in [0.1, 0.15) is 17.4 Å². The van der Waals surface area contributed by atoms with Crippen molar-refractivity contribution in [2.45, 2.75) is 17.9 Å². The summed E-state index contributed by atoms with van der Waals surface area (Å²) in [6.07, 6.45) is 0.360. The summed E-state index contributed by atoms with van der Waals surface area (Å²) < 4.78 is 60.9. The van der Waals surface area contributed by atoms with Crippen molar-refractivity contribution in [1.82, 2.24) is 19.2 Å². The molecule has 0 unspecified atom stereocenters.